The van der Waals surface area contributed by atoms with Crippen molar-refractivity contribution in [2.45, 2.75) is 6.36 Å². The molecule has 8 heteroatoms. The average Bonchev–Trinajstić information content (AvgIpc) is 2.38. The number of ether oxygens (including phenoxy) is 1. The molecule has 2 aromatic rings. The van der Waals surface area contributed by atoms with Crippen LogP contribution in [0, 0.1) is 10.1 Å². The minimum Gasteiger partial charge on any atom is -0.406 e. The molecular formula is C13H7ClF3NO3. The van der Waals surface area contributed by atoms with E-state index in [1.165, 1.54) is 30.3 Å². The van der Waals surface area contributed by atoms with Crippen LogP contribution in [0.15, 0.2) is 42.5 Å². The van der Waals surface area contributed by atoms with Crippen molar-refractivity contribution in [1.82, 2.24) is 0 Å². The molecule has 0 atom stereocenters. The number of hydrogen-bond donors (Lipinski definition) is 0. The number of rotatable bonds is 3. The predicted molar refractivity (Wildman–Crippen MR) is 70.2 cm³/mol. The largest absolute Gasteiger partial charge is 0.573 e. The maximum absolute atomic E-state index is 12.1. The molecule has 0 fully saturated rings. The average molecular weight is 318 g/mol. The van der Waals surface area contributed by atoms with Gasteiger partial charge in [-0.15, -0.1) is 13.2 Å². The Bertz CT molecular complexity index is 671. The molecule has 0 aliphatic rings. The van der Waals surface area contributed by atoms with Crippen LogP contribution in [0.3, 0.4) is 0 Å². The summed E-state index contributed by atoms with van der Waals surface area (Å²) in [6, 6.07) is 8.75. The van der Waals surface area contributed by atoms with Gasteiger partial charge in [0.2, 0.25) is 0 Å². The Morgan fingerprint density at radius 2 is 1.71 bits per heavy atom. The van der Waals surface area contributed by atoms with Gasteiger partial charge in [-0.2, -0.15) is 0 Å². The molecule has 0 bridgehead atoms. The van der Waals surface area contributed by atoms with E-state index in [2.05, 4.69) is 4.74 Å². The zero-order valence-electron chi connectivity index (χ0n) is 10.2. The lowest BCUT2D eigenvalue weighted by Crippen LogP contribution is -2.16. The van der Waals surface area contributed by atoms with Crippen molar-refractivity contribution in [2.24, 2.45) is 0 Å². The molecule has 110 valence electrons. The third-order valence-corrected chi connectivity index (χ3v) is 2.89. The number of benzene rings is 2. The van der Waals surface area contributed by atoms with Crippen LogP contribution in [0.25, 0.3) is 11.1 Å². The fraction of sp³-hybridized carbons (Fsp3) is 0.0769. The third-order valence-electron chi connectivity index (χ3n) is 2.56. The Balaban J connectivity index is 2.34. The highest BCUT2D eigenvalue weighted by molar-refractivity contribution is 6.33. The fourth-order valence-corrected chi connectivity index (χ4v) is 1.91. The topological polar surface area (TPSA) is 52.4 Å². The van der Waals surface area contributed by atoms with Gasteiger partial charge in [-0.1, -0.05) is 23.7 Å². The van der Waals surface area contributed by atoms with E-state index < -0.39 is 11.3 Å². The van der Waals surface area contributed by atoms with Crippen LogP contribution >= 0.6 is 11.6 Å². The normalized spacial score (nSPS) is 11.2. The van der Waals surface area contributed by atoms with Crippen molar-refractivity contribution in [3.05, 3.63) is 57.6 Å². The lowest BCUT2D eigenvalue weighted by Gasteiger charge is -2.10. The number of nitro groups is 1. The van der Waals surface area contributed by atoms with E-state index in [1.807, 2.05) is 0 Å². The van der Waals surface area contributed by atoms with Crippen molar-refractivity contribution < 1.29 is 22.8 Å². The molecule has 2 rings (SSSR count). The minimum absolute atomic E-state index is 0.162. The van der Waals surface area contributed by atoms with Crippen LogP contribution in [0.2, 0.25) is 5.02 Å². The summed E-state index contributed by atoms with van der Waals surface area (Å²) in [5.74, 6) is -0.382. The van der Waals surface area contributed by atoms with Crippen molar-refractivity contribution in [3.8, 4) is 16.9 Å². The summed E-state index contributed by atoms with van der Waals surface area (Å²) >= 11 is 5.95. The molecule has 21 heavy (non-hydrogen) atoms. The van der Waals surface area contributed by atoms with E-state index in [0.29, 0.717) is 11.1 Å². The fourth-order valence-electron chi connectivity index (χ4n) is 1.68. The van der Waals surface area contributed by atoms with Gasteiger partial charge in [0.25, 0.3) is 5.69 Å². The molecule has 0 unspecified atom stereocenters. The molecule has 0 saturated heterocycles. The maximum atomic E-state index is 12.1. The van der Waals surface area contributed by atoms with E-state index >= 15 is 0 Å². The SMILES string of the molecule is O=[N+]([O-])c1ccc(Cl)c(-c2ccc(OC(F)(F)F)cc2)c1. The molecule has 0 saturated carbocycles. The molecule has 2 aromatic carbocycles. The van der Waals surface area contributed by atoms with Gasteiger partial charge in [-0.3, -0.25) is 10.1 Å². The van der Waals surface area contributed by atoms with Gasteiger partial charge < -0.3 is 4.74 Å². The number of halogens is 4. The highest BCUT2D eigenvalue weighted by atomic mass is 35.5. The molecule has 0 aliphatic heterocycles. The smallest absolute Gasteiger partial charge is 0.406 e. The number of non-ortho nitro benzene ring substituents is 1. The number of alkyl halides is 3. The van der Waals surface area contributed by atoms with Gasteiger partial charge in [0, 0.05) is 22.7 Å². The summed E-state index contributed by atoms with van der Waals surface area (Å²) in [5.41, 5.74) is 0.632. The Hall–Kier alpha value is -2.28. The molecule has 0 amide bonds. The molecule has 0 radical (unpaired) electrons. The second-order valence-electron chi connectivity index (χ2n) is 3.99. The van der Waals surface area contributed by atoms with E-state index in [-0.39, 0.29) is 16.5 Å². The lowest BCUT2D eigenvalue weighted by atomic mass is 10.0. The van der Waals surface area contributed by atoms with Crippen LogP contribution in [-0.4, -0.2) is 11.3 Å². The van der Waals surface area contributed by atoms with Crippen molar-refractivity contribution in [2.75, 3.05) is 0 Å². The summed E-state index contributed by atoms with van der Waals surface area (Å²) in [7, 11) is 0. The first-order valence-electron chi connectivity index (χ1n) is 5.56. The van der Waals surface area contributed by atoms with Crippen LogP contribution in [-0.2, 0) is 0 Å². The maximum Gasteiger partial charge on any atom is 0.573 e. The minimum atomic E-state index is -4.77. The predicted octanol–water partition coefficient (Wildman–Crippen LogP) is 4.81. The summed E-state index contributed by atoms with van der Waals surface area (Å²) < 4.78 is 39.9. The van der Waals surface area contributed by atoms with Gasteiger partial charge in [0.15, 0.2) is 0 Å². The number of nitro benzene ring substituents is 1. The van der Waals surface area contributed by atoms with Crippen LogP contribution in [0.1, 0.15) is 0 Å². The standard InChI is InChI=1S/C13H7ClF3NO3/c14-12-6-3-9(18(19)20)7-11(12)8-1-4-10(5-2-8)21-13(15,16)17/h1-7H. The van der Waals surface area contributed by atoms with Crippen molar-refractivity contribution in [1.29, 1.82) is 0 Å². The van der Waals surface area contributed by atoms with Gasteiger partial charge in [-0.05, 0) is 23.8 Å². The first kappa shape index (κ1) is 15.1. The van der Waals surface area contributed by atoms with Crippen LogP contribution in [0.5, 0.6) is 5.75 Å². The molecule has 0 aromatic heterocycles. The van der Waals surface area contributed by atoms with Gasteiger partial charge >= 0.3 is 6.36 Å². The van der Waals surface area contributed by atoms with Crippen molar-refractivity contribution >= 4 is 17.3 Å². The summed E-state index contributed by atoms with van der Waals surface area (Å²) in [6.45, 7) is 0. The first-order valence-corrected chi connectivity index (χ1v) is 5.94. The molecule has 0 heterocycles. The molecule has 0 N–H and O–H groups in total. The first-order chi connectivity index (χ1) is 9.76. The van der Waals surface area contributed by atoms with Crippen molar-refractivity contribution in [3.63, 3.8) is 0 Å². The second kappa shape index (κ2) is 5.61. The quantitative estimate of drug-likeness (QED) is 0.602. The van der Waals surface area contributed by atoms with E-state index in [1.54, 1.807) is 0 Å². The van der Waals surface area contributed by atoms with E-state index in [0.717, 1.165) is 12.1 Å². The monoisotopic (exact) mass is 317 g/mol. The van der Waals surface area contributed by atoms with Crippen LogP contribution in [0.4, 0.5) is 18.9 Å². The molecular weight excluding hydrogens is 311 g/mol. The Morgan fingerprint density at radius 1 is 1.10 bits per heavy atom. The highest BCUT2D eigenvalue weighted by Gasteiger charge is 2.31. The zero-order chi connectivity index (χ0) is 15.6. The summed E-state index contributed by atoms with van der Waals surface area (Å²) in [5, 5.41) is 11.0. The summed E-state index contributed by atoms with van der Waals surface area (Å²) in [4.78, 5) is 10.1. The summed E-state index contributed by atoms with van der Waals surface area (Å²) in [6.07, 6.45) is -4.77. The molecule has 0 aliphatic carbocycles. The second-order valence-corrected chi connectivity index (χ2v) is 4.40. The number of nitrogens with zero attached hydrogens (tertiary/aromatic N) is 1. The van der Waals surface area contributed by atoms with E-state index in [9.17, 15) is 23.3 Å². The molecule has 4 nitrogen and oxygen atoms in total. The Kier molecular flexibility index (Phi) is 4.04. The lowest BCUT2D eigenvalue weighted by molar-refractivity contribution is -0.384. The van der Waals surface area contributed by atoms with Crippen LogP contribution < -0.4 is 4.74 Å². The van der Waals surface area contributed by atoms with Gasteiger partial charge in [0.05, 0.1) is 4.92 Å². The van der Waals surface area contributed by atoms with Gasteiger partial charge in [-0.25, -0.2) is 0 Å². The highest BCUT2D eigenvalue weighted by Crippen LogP contribution is 2.33. The molecule has 0 spiro atoms. The third kappa shape index (κ3) is 3.85. The van der Waals surface area contributed by atoms with Gasteiger partial charge in [0.1, 0.15) is 5.75 Å². The Morgan fingerprint density at radius 3 is 2.24 bits per heavy atom. The zero-order valence-corrected chi connectivity index (χ0v) is 11.0. The Labute approximate surface area is 121 Å². The van der Waals surface area contributed by atoms with E-state index in [4.69, 9.17) is 11.6 Å². The number of hydrogen-bond acceptors (Lipinski definition) is 3.